The molecule has 1 unspecified atom stereocenters. The largest absolute Gasteiger partial charge is 0.495 e. The first-order valence-electron chi connectivity index (χ1n) is 4.28. The Morgan fingerprint density at radius 3 is 2.85 bits per heavy atom. The number of methoxy groups -OCH3 is 1. The van der Waals surface area contributed by atoms with Gasteiger partial charge in [-0.1, -0.05) is 12.7 Å². The lowest BCUT2D eigenvalue weighted by atomic mass is 10.2. The molecule has 0 aromatic heterocycles. The predicted molar refractivity (Wildman–Crippen MR) is 53.7 cm³/mol. The van der Waals surface area contributed by atoms with Crippen LogP contribution in [0.1, 0.15) is 6.92 Å². The van der Waals surface area contributed by atoms with Crippen LogP contribution >= 0.6 is 0 Å². The maximum absolute atomic E-state index is 5.23. The van der Waals surface area contributed by atoms with E-state index in [0.717, 1.165) is 11.5 Å². The number of nitrogens with zero attached hydrogens (tertiary/aromatic N) is 1. The van der Waals surface area contributed by atoms with E-state index in [1.807, 2.05) is 18.1 Å². The van der Waals surface area contributed by atoms with Gasteiger partial charge in [0, 0.05) is 13.1 Å². The van der Waals surface area contributed by atoms with Gasteiger partial charge in [0.1, 0.15) is 5.76 Å². The van der Waals surface area contributed by atoms with Gasteiger partial charge < -0.3 is 9.75 Å². The number of allylic oxidation sites excluding steroid dienone is 2. The fraction of sp³-hybridized carbons (Fsp3) is 0.400. The molecule has 0 aliphatic carbocycles. The van der Waals surface area contributed by atoms with Crippen LogP contribution in [-0.4, -0.2) is 25.2 Å². The summed E-state index contributed by atoms with van der Waals surface area (Å²) in [6.45, 7) is 5.73. The quantitative estimate of drug-likeness (QED) is 0.525. The standard InChI is InChI=1S/C10H16N2O/c1-5-6-10(13-4)9-7-8(2)11-12(9)3/h5-8,11H,1H2,2-4H3/b10-6-. The van der Waals surface area contributed by atoms with Crippen LogP contribution in [0.5, 0.6) is 0 Å². The maximum Gasteiger partial charge on any atom is 0.143 e. The Bertz CT molecular complexity index is 256. The molecule has 0 aromatic rings. The fourth-order valence-electron chi connectivity index (χ4n) is 1.37. The molecule has 0 saturated heterocycles. The van der Waals surface area contributed by atoms with E-state index in [1.165, 1.54) is 0 Å². The number of hydrogen-bond acceptors (Lipinski definition) is 3. The smallest absolute Gasteiger partial charge is 0.143 e. The number of hydrazine groups is 1. The average molecular weight is 180 g/mol. The molecule has 0 spiro atoms. The van der Waals surface area contributed by atoms with Crippen LogP contribution in [-0.2, 0) is 4.74 Å². The monoisotopic (exact) mass is 180 g/mol. The Morgan fingerprint density at radius 1 is 1.77 bits per heavy atom. The van der Waals surface area contributed by atoms with Crippen LogP contribution in [0.3, 0.4) is 0 Å². The molecule has 1 aliphatic heterocycles. The first-order chi connectivity index (χ1) is 6.19. The summed E-state index contributed by atoms with van der Waals surface area (Å²) in [5.41, 5.74) is 4.28. The van der Waals surface area contributed by atoms with Crippen molar-refractivity contribution in [1.29, 1.82) is 0 Å². The summed E-state index contributed by atoms with van der Waals surface area (Å²) in [5.74, 6) is 0.828. The summed E-state index contributed by atoms with van der Waals surface area (Å²) < 4.78 is 5.23. The first kappa shape index (κ1) is 9.86. The third-order valence-corrected chi connectivity index (χ3v) is 1.91. The highest BCUT2D eigenvalue weighted by Gasteiger charge is 2.19. The number of nitrogens with one attached hydrogen (secondary N) is 1. The maximum atomic E-state index is 5.23. The van der Waals surface area contributed by atoms with Crippen LogP contribution in [0.2, 0.25) is 0 Å². The molecule has 1 rings (SSSR count). The molecule has 0 bridgehead atoms. The summed E-state index contributed by atoms with van der Waals surface area (Å²) in [6.07, 6.45) is 5.68. The van der Waals surface area contributed by atoms with E-state index >= 15 is 0 Å². The fourth-order valence-corrected chi connectivity index (χ4v) is 1.37. The van der Waals surface area contributed by atoms with Gasteiger partial charge in [-0.3, -0.25) is 0 Å². The summed E-state index contributed by atoms with van der Waals surface area (Å²) in [4.78, 5) is 0. The van der Waals surface area contributed by atoms with Crippen LogP contribution in [0.15, 0.2) is 36.3 Å². The lowest BCUT2D eigenvalue weighted by Crippen LogP contribution is -2.32. The zero-order chi connectivity index (χ0) is 9.84. The van der Waals surface area contributed by atoms with Crippen LogP contribution in [0.4, 0.5) is 0 Å². The second-order valence-electron chi connectivity index (χ2n) is 3.00. The molecular formula is C10H16N2O. The van der Waals surface area contributed by atoms with Gasteiger partial charge in [-0.05, 0) is 19.1 Å². The van der Waals surface area contributed by atoms with E-state index in [2.05, 4.69) is 25.0 Å². The molecule has 0 aromatic carbocycles. The topological polar surface area (TPSA) is 24.5 Å². The van der Waals surface area contributed by atoms with Crippen molar-refractivity contribution in [1.82, 2.24) is 10.4 Å². The lowest BCUT2D eigenvalue weighted by molar-refractivity contribution is 0.249. The Hall–Kier alpha value is -1.22. The Morgan fingerprint density at radius 2 is 2.46 bits per heavy atom. The van der Waals surface area contributed by atoms with E-state index in [1.54, 1.807) is 13.2 Å². The molecule has 1 atom stereocenters. The van der Waals surface area contributed by atoms with Gasteiger partial charge in [0.05, 0.1) is 12.8 Å². The molecule has 0 radical (unpaired) electrons. The molecule has 0 amide bonds. The van der Waals surface area contributed by atoms with E-state index in [-0.39, 0.29) is 0 Å². The molecule has 0 fully saturated rings. The van der Waals surface area contributed by atoms with Crippen LogP contribution in [0.25, 0.3) is 0 Å². The van der Waals surface area contributed by atoms with Gasteiger partial charge in [-0.2, -0.15) is 0 Å². The highest BCUT2D eigenvalue weighted by Crippen LogP contribution is 2.18. The zero-order valence-corrected chi connectivity index (χ0v) is 8.37. The predicted octanol–water partition coefficient (Wildman–Crippen LogP) is 1.43. The number of ether oxygens (including phenoxy) is 1. The Balaban J connectivity index is 2.86. The number of likely N-dealkylation sites (N-methyl/N-ethyl adjacent to an activating group) is 1. The molecule has 1 heterocycles. The molecule has 0 saturated carbocycles. The minimum Gasteiger partial charge on any atom is -0.495 e. The van der Waals surface area contributed by atoms with Gasteiger partial charge in [0.2, 0.25) is 0 Å². The van der Waals surface area contributed by atoms with Crippen molar-refractivity contribution in [2.24, 2.45) is 0 Å². The van der Waals surface area contributed by atoms with Crippen molar-refractivity contribution < 1.29 is 4.74 Å². The van der Waals surface area contributed by atoms with Crippen molar-refractivity contribution in [2.75, 3.05) is 14.2 Å². The second kappa shape index (κ2) is 4.14. The lowest BCUT2D eigenvalue weighted by Gasteiger charge is -2.18. The van der Waals surface area contributed by atoms with Gasteiger partial charge in [0.15, 0.2) is 0 Å². The molecule has 1 N–H and O–H groups in total. The number of rotatable bonds is 3. The van der Waals surface area contributed by atoms with Gasteiger partial charge >= 0.3 is 0 Å². The second-order valence-corrected chi connectivity index (χ2v) is 3.00. The highest BCUT2D eigenvalue weighted by molar-refractivity contribution is 5.30. The summed E-state index contributed by atoms with van der Waals surface area (Å²) >= 11 is 0. The zero-order valence-electron chi connectivity index (χ0n) is 8.37. The third kappa shape index (κ3) is 2.12. The normalized spacial score (nSPS) is 23.0. The molecule has 3 nitrogen and oxygen atoms in total. The van der Waals surface area contributed by atoms with Crippen molar-refractivity contribution in [3.05, 3.63) is 36.3 Å². The first-order valence-corrected chi connectivity index (χ1v) is 4.28. The van der Waals surface area contributed by atoms with Crippen LogP contribution in [0, 0.1) is 0 Å². The molecule has 1 aliphatic rings. The Labute approximate surface area is 79.3 Å². The molecular weight excluding hydrogens is 164 g/mol. The van der Waals surface area contributed by atoms with E-state index in [0.29, 0.717) is 6.04 Å². The summed E-state index contributed by atoms with van der Waals surface area (Å²) in [6, 6.07) is 0.350. The highest BCUT2D eigenvalue weighted by atomic mass is 16.5. The van der Waals surface area contributed by atoms with Gasteiger partial charge in [-0.25, -0.2) is 5.43 Å². The van der Waals surface area contributed by atoms with Gasteiger partial charge in [-0.15, -0.1) is 0 Å². The van der Waals surface area contributed by atoms with Crippen molar-refractivity contribution in [2.45, 2.75) is 13.0 Å². The average Bonchev–Trinajstić information content (AvgIpc) is 2.41. The van der Waals surface area contributed by atoms with E-state index < -0.39 is 0 Å². The summed E-state index contributed by atoms with van der Waals surface area (Å²) in [7, 11) is 3.62. The SMILES string of the molecule is C=C/C=C(\OC)C1=CC(C)NN1C. The summed E-state index contributed by atoms with van der Waals surface area (Å²) in [5, 5.41) is 1.95. The molecule has 13 heavy (non-hydrogen) atoms. The number of hydrogen-bond donors (Lipinski definition) is 1. The van der Waals surface area contributed by atoms with Crippen molar-refractivity contribution in [3.8, 4) is 0 Å². The Kier molecular flexibility index (Phi) is 3.14. The minimum atomic E-state index is 0.350. The van der Waals surface area contributed by atoms with Crippen molar-refractivity contribution in [3.63, 3.8) is 0 Å². The van der Waals surface area contributed by atoms with Gasteiger partial charge in [0.25, 0.3) is 0 Å². The van der Waals surface area contributed by atoms with Crippen molar-refractivity contribution >= 4 is 0 Å². The third-order valence-electron chi connectivity index (χ3n) is 1.91. The van der Waals surface area contributed by atoms with E-state index in [9.17, 15) is 0 Å². The minimum absolute atomic E-state index is 0.350. The molecule has 72 valence electrons. The van der Waals surface area contributed by atoms with Crippen LogP contribution < -0.4 is 5.43 Å². The van der Waals surface area contributed by atoms with E-state index in [4.69, 9.17) is 4.74 Å². The molecule has 3 heteroatoms.